The summed E-state index contributed by atoms with van der Waals surface area (Å²) in [6.07, 6.45) is 6.72. The van der Waals surface area contributed by atoms with Crippen LogP contribution in [-0.4, -0.2) is 12.0 Å². The van der Waals surface area contributed by atoms with Gasteiger partial charge in [0.25, 0.3) is 0 Å². The summed E-state index contributed by atoms with van der Waals surface area (Å²) in [7, 11) is 1.88. The van der Waals surface area contributed by atoms with Gasteiger partial charge in [-0.2, -0.15) is 0 Å². The minimum Gasteiger partial charge on any atom is -0.472 e. The third-order valence-electron chi connectivity index (χ3n) is 2.28. The van der Waals surface area contributed by atoms with E-state index in [1.54, 1.807) is 24.9 Å². The van der Waals surface area contributed by atoms with Gasteiger partial charge in [0, 0.05) is 18.0 Å². The molecule has 0 amide bonds. The van der Waals surface area contributed by atoms with Crippen molar-refractivity contribution in [3.63, 3.8) is 0 Å². The van der Waals surface area contributed by atoms with Crippen molar-refractivity contribution in [2.24, 2.45) is 0 Å². The van der Waals surface area contributed by atoms with Crippen molar-refractivity contribution in [3.05, 3.63) is 53.2 Å². The standard InChI is InChI=1S/C11H11ClN2O/c1-13-11(8-3-5-15-7-8)9-2-4-14-6-10(9)12/h2-7,11,13H,1H3. The molecular formula is C11H11ClN2O. The van der Waals surface area contributed by atoms with Gasteiger partial charge in [0.15, 0.2) is 0 Å². The molecule has 0 bridgehead atoms. The number of hydrogen-bond donors (Lipinski definition) is 1. The summed E-state index contributed by atoms with van der Waals surface area (Å²) in [6.45, 7) is 0. The molecule has 78 valence electrons. The quantitative estimate of drug-likeness (QED) is 0.868. The van der Waals surface area contributed by atoms with Crippen LogP contribution in [-0.2, 0) is 0 Å². The zero-order valence-corrected chi connectivity index (χ0v) is 9.03. The van der Waals surface area contributed by atoms with Crippen LogP contribution in [0.2, 0.25) is 5.02 Å². The molecule has 0 saturated carbocycles. The van der Waals surface area contributed by atoms with Crippen molar-refractivity contribution in [3.8, 4) is 0 Å². The Morgan fingerprint density at radius 1 is 1.47 bits per heavy atom. The molecule has 1 N–H and O–H groups in total. The molecule has 0 aliphatic heterocycles. The molecule has 1 atom stereocenters. The second-order valence-electron chi connectivity index (χ2n) is 3.18. The molecule has 0 aliphatic rings. The number of furan rings is 1. The van der Waals surface area contributed by atoms with E-state index in [9.17, 15) is 0 Å². The van der Waals surface area contributed by atoms with Crippen LogP contribution in [0.25, 0.3) is 0 Å². The smallest absolute Gasteiger partial charge is 0.0953 e. The molecule has 2 heterocycles. The first-order valence-corrected chi connectivity index (χ1v) is 4.99. The highest BCUT2D eigenvalue weighted by atomic mass is 35.5. The van der Waals surface area contributed by atoms with E-state index < -0.39 is 0 Å². The van der Waals surface area contributed by atoms with Gasteiger partial charge in [-0.1, -0.05) is 11.6 Å². The summed E-state index contributed by atoms with van der Waals surface area (Å²) in [6, 6.07) is 3.85. The first-order chi connectivity index (χ1) is 7.33. The Morgan fingerprint density at radius 2 is 2.33 bits per heavy atom. The van der Waals surface area contributed by atoms with Crippen LogP contribution in [0.3, 0.4) is 0 Å². The maximum Gasteiger partial charge on any atom is 0.0953 e. The van der Waals surface area contributed by atoms with Crippen LogP contribution >= 0.6 is 11.6 Å². The third kappa shape index (κ3) is 2.03. The maximum atomic E-state index is 6.08. The number of nitrogens with one attached hydrogen (secondary N) is 1. The number of rotatable bonds is 3. The van der Waals surface area contributed by atoms with Gasteiger partial charge >= 0.3 is 0 Å². The van der Waals surface area contributed by atoms with Gasteiger partial charge in [0.1, 0.15) is 0 Å². The summed E-state index contributed by atoms with van der Waals surface area (Å²) in [5, 5.41) is 3.84. The predicted octanol–water partition coefficient (Wildman–Crippen LogP) is 2.64. The molecule has 2 aromatic heterocycles. The van der Waals surface area contributed by atoms with E-state index in [1.165, 1.54) is 0 Å². The highest BCUT2D eigenvalue weighted by molar-refractivity contribution is 6.31. The van der Waals surface area contributed by atoms with Crippen molar-refractivity contribution in [2.75, 3.05) is 7.05 Å². The van der Waals surface area contributed by atoms with E-state index in [4.69, 9.17) is 16.0 Å². The fraction of sp³-hybridized carbons (Fsp3) is 0.182. The summed E-state index contributed by atoms with van der Waals surface area (Å²) < 4.78 is 5.06. The highest BCUT2D eigenvalue weighted by Crippen LogP contribution is 2.27. The lowest BCUT2D eigenvalue weighted by Crippen LogP contribution is -2.17. The van der Waals surface area contributed by atoms with Crippen molar-refractivity contribution in [1.29, 1.82) is 0 Å². The number of nitrogens with zero attached hydrogens (tertiary/aromatic N) is 1. The van der Waals surface area contributed by atoms with Crippen LogP contribution in [0.15, 0.2) is 41.5 Å². The Hall–Kier alpha value is -1.32. The number of pyridine rings is 1. The van der Waals surface area contributed by atoms with E-state index in [2.05, 4.69) is 10.3 Å². The van der Waals surface area contributed by atoms with Crippen molar-refractivity contribution < 1.29 is 4.42 Å². The lowest BCUT2D eigenvalue weighted by molar-refractivity contribution is 0.557. The Morgan fingerprint density at radius 3 is 2.93 bits per heavy atom. The highest BCUT2D eigenvalue weighted by Gasteiger charge is 2.15. The van der Waals surface area contributed by atoms with E-state index in [-0.39, 0.29) is 6.04 Å². The Kier molecular flexibility index (Phi) is 3.04. The molecule has 4 heteroatoms. The van der Waals surface area contributed by atoms with E-state index in [1.807, 2.05) is 19.2 Å². The minimum absolute atomic E-state index is 0.0410. The second-order valence-corrected chi connectivity index (χ2v) is 3.58. The fourth-order valence-electron chi connectivity index (χ4n) is 1.56. The fourth-order valence-corrected chi connectivity index (χ4v) is 1.79. The van der Waals surface area contributed by atoms with Crippen molar-refractivity contribution in [2.45, 2.75) is 6.04 Å². The SMILES string of the molecule is CNC(c1ccoc1)c1ccncc1Cl. The first-order valence-electron chi connectivity index (χ1n) is 4.61. The van der Waals surface area contributed by atoms with Gasteiger partial charge in [-0.05, 0) is 24.7 Å². The molecule has 0 spiro atoms. The molecule has 0 saturated heterocycles. The molecule has 0 aromatic carbocycles. The summed E-state index contributed by atoms with van der Waals surface area (Å²) in [5.41, 5.74) is 2.04. The van der Waals surface area contributed by atoms with Gasteiger partial charge in [-0.3, -0.25) is 4.98 Å². The van der Waals surface area contributed by atoms with E-state index >= 15 is 0 Å². The number of hydrogen-bond acceptors (Lipinski definition) is 3. The molecular weight excluding hydrogens is 212 g/mol. The zero-order chi connectivity index (χ0) is 10.7. The third-order valence-corrected chi connectivity index (χ3v) is 2.60. The predicted molar refractivity (Wildman–Crippen MR) is 58.9 cm³/mol. The summed E-state index contributed by atoms with van der Waals surface area (Å²) >= 11 is 6.08. The van der Waals surface area contributed by atoms with E-state index in [0.29, 0.717) is 5.02 Å². The Labute approximate surface area is 93.1 Å². The monoisotopic (exact) mass is 222 g/mol. The lowest BCUT2D eigenvalue weighted by atomic mass is 10.0. The molecule has 3 nitrogen and oxygen atoms in total. The molecule has 0 aliphatic carbocycles. The zero-order valence-electron chi connectivity index (χ0n) is 8.27. The lowest BCUT2D eigenvalue weighted by Gasteiger charge is -2.15. The average molecular weight is 223 g/mol. The summed E-state index contributed by atoms with van der Waals surface area (Å²) in [4.78, 5) is 3.96. The van der Waals surface area contributed by atoms with Crippen molar-refractivity contribution in [1.82, 2.24) is 10.3 Å². The Balaban J connectivity index is 2.40. The molecule has 0 fully saturated rings. The van der Waals surface area contributed by atoms with E-state index in [0.717, 1.165) is 11.1 Å². The molecule has 2 rings (SSSR count). The van der Waals surface area contributed by atoms with Crippen molar-refractivity contribution >= 4 is 11.6 Å². The average Bonchev–Trinajstić information content (AvgIpc) is 2.75. The van der Waals surface area contributed by atoms with Gasteiger partial charge in [0.05, 0.1) is 23.6 Å². The second kappa shape index (κ2) is 4.47. The van der Waals surface area contributed by atoms with Crippen LogP contribution < -0.4 is 5.32 Å². The minimum atomic E-state index is 0.0410. The van der Waals surface area contributed by atoms with Gasteiger partial charge in [-0.15, -0.1) is 0 Å². The maximum absolute atomic E-state index is 6.08. The van der Waals surface area contributed by atoms with Gasteiger partial charge in [-0.25, -0.2) is 0 Å². The summed E-state index contributed by atoms with van der Waals surface area (Å²) in [5.74, 6) is 0. The normalized spacial score (nSPS) is 12.7. The van der Waals surface area contributed by atoms with Gasteiger partial charge in [0.2, 0.25) is 0 Å². The topological polar surface area (TPSA) is 38.1 Å². The largest absolute Gasteiger partial charge is 0.472 e. The first kappa shape index (κ1) is 10.2. The molecule has 0 radical (unpaired) electrons. The van der Waals surface area contributed by atoms with Gasteiger partial charge < -0.3 is 9.73 Å². The van der Waals surface area contributed by atoms with Crippen LogP contribution in [0.1, 0.15) is 17.2 Å². The number of halogens is 1. The van der Waals surface area contributed by atoms with Crippen LogP contribution in [0.5, 0.6) is 0 Å². The molecule has 2 aromatic rings. The Bertz CT molecular complexity index is 428. The molecule has 15 heavy (non-hydrogen) atoms. The molecule has 1 unspecified atom stereocenters. The van der Waals surface area contributed by atoms with Crippen LogP contribution in [0.4, 0.5) is 0 Å². The van der Waals surface area contributed by atoms with Crippen LogP contribution in [0, 0.1) is 0 Å². The number of aromatic nitrogens is 1.